The fraction of sp³-hybridized carbons (Fsp3) is 0.0882. The van der Waals surface area contributed by atoms with Crippen molar-refractivity contribution in [3.8, 4) is 55.9 Å². The molecule has 0 N–H and O–H groups in total. The van der Waals surface area contributed by atoms with Crippen LogP contribution in [0.3, 0.4) is 0 Å². The van der Waals surface area contributed by atoms with Crippen molar-refractivity contribution < 1.29 is 0 Å². The molecule has 74 heavy (non-hydrogen) atoms. The average molecular weight is 941 g/mol. The summed E-state index contributed by atoms with van der Waals surface area (Å²) in [6.07, 6.45) is 0. The monoisotopic (exact) mass is 940 g/mol. The molecule has 0 unspecified atom stereocenters. The molecular formula is C68H46B2N4. The number of aromatic nitrogens is 4. The quantitative estimate of drug-likeness (QED) is 0.154. The number of hydrogen-bond donors (Lipinski definition) is 0. The second kappa shape index (κ2) is 13.3. The van der Waals surface area contributed by atoms with E-state index in [0.717, 1.165) is 0 Å². The maximum absolute atomic E-state index is 2.85. The third kappa shape index (κ3) is 4.43. The second-order valence-electron chi connectivity index (χ2n) is 22.2. The first-order valence-electron chi connectivity index (χ1n) is 26.4. The number of aryl methyl sites for hydroxylation is 6. The summed E-state index contributed by atoms with van der Waals surface area (Å²) in [5.74, 6) is 0. The summed E-state index contributed by atoms with van der Waals surface area (Å²) in [4.78, 5) is 0. The molecule has 4 aromatic heterocycles. The highest BCUT2D eigenvalue weighted by atomic mass is 15.1. The van der Waals surface area contributed by atoms with Gasteiger partial charge in [0, 0.05) is 65.9 Å². The molecule has 0 amide bonds. The zero-order valence-electron chi connectivity index (χ0n) is 42.1. The van der Waals surface area contributed by atoms with E-state index < -0.39 is 0 Å². The lowest BCUT2D eigenvalue weighted by molar-refractivity contribution is 1.18. The van der Waals surface area contributed by atoms with Gasteiger partial charge >= 0.3 is 13.7 Å². The first-order chi connectivity index (χ1) is 36.3. The van der Waals surface area contributed by atoms with Gasteiger partial charge in [-0.3, -0.25) is 0 Å². The normalized spacial score (nSPS) is 13.5. The van der Waals surface area contributed by atoms with Gasteiger partial charge in [-0.1, -0.05) is 151 Å². The molecule has 0 saturated carbocycles. The minimum absolute atomic E-state index is 0.0724. The Hall–Kier alpha value is -8.73. The van der Waals surface area contributed by atoms with Gasteiger partial charge in [0.1, 0.15) is 0 Å². The summed E-state index contributed by atoms with van der Waals surface area (Å²) < 4.78 is 10.9. The first-order valence-corrected chi connectivity index (χ1v) is 26.4. The second-order valence-corrected chi connectivity index (χ2v) is 22.2. The molecule has 0 spiro atoms. The standard InChI is InChI=1S/C68H46B2N4/c1-35-30-37(3)57(38(4)31-35)44-27-29-48-64-60(44)45-28-26-43-41-16-7-11-22-53(41)71-55-24-13-9-20-51(55)69(61(45)65(43)71)74(64)67-47-19-15-18-46-59-50(58-39(5)32-36(2)33-40(58)6)34-49-42-17-8-12-23-54(42)72-56-25-14-10-21-52(56)70(62(59)66(49)72)73(63(46)47)68(48)67/h7-34H,1-6H3. The Bertz CT molecular complexity index is 5000. The van der Waals surface area contributed by atoms with E-state index in [-0.39, 0.29) is 13.7 Å². The minimum atomic E-state index is -0.0961. The van der Waals surface area contributed by atoms with Crippen LogP contribution in [0.4, 0.5) is 0 Å². The van der Waals surface area contributed by atoms with Crippen LogP contribution in [0.25, 0.3) is 132 Å². The van der Waals surface area contributed by atoms with Crippen molar-refractivity contribution in [2.75, 3.05) is 0 Å². The molecule has 0 radical (unpaired) electrons. The molecule has 0 saturated heterocycles. The Kier molecular flexibility index (Phi) is 7.14. The molecule has 0 aliphatic carbocycles. The highest BCUT2D eigenvalue weighted by Gasteiger charge is 2.47. The van der Waals surface area contributed by atoms with E-state index in [1.165, 1.54) is 188 Å². The van der Waals surface area contributed by atoms with Gasteiger partial charge in [0.15, 0.2) is 0 Å². The molecule has 10 aromatic carbocycles. The van der Waals surface area contributed by atoms with Crippen LogP contribution in [0.5, 0.6) is 0 Å². The van der Waals surface area contributed by atoms with Crippen LogP contribution < -0.4 is 21.9 Å². The molecule has 344 valence electrons. The molecule has 4 nitrogen and oxygen atoms in total. The smallest absolute Gasteiger partial charge is 0.333 e. The van der Waals surface area contributed by atoms with Gasteiger partial charge in [-0.15, -0.1) is 0 Å². The molecule has 0 fully saturated rings. The van der Waals surface area contributed by atoms with Crippen molar-refractivity contribution >= 4 is 112 Å². The van der Waals surface area contributed by atoms with Crippen molar-refractivity contribution in [2.24, 2.45) is 0 Å². The Morgan fingerprint density at radius 3 is 1.43 bits per heavy atom. The van der Waals surface area contributed by atoms with Gasteiger partial charge in [-0.25, -0.2) is 0 Å². The molecule has 0 bridgehead atoms. The van der Waals surface area contributed by atoms with Crippen molar-refractivity contribution in [1.82, 2.24) is 18.1 Å². The molecule has 6 heteroatoms. The third-order valence-corrected chi connectivity index (χ3v) is 18.2. The maximum atomic E-state index is 2.85. The number of para-hydroxylation sites is 5. The predicted octanol–water partition coefficient (Wildman–Crippen LogP) is 14.0. The van der Waals surface area contributed by atoms with Crippen LogP contribution >= 0.6 is 0 Å². The lowest BCUT2D eigenvalue weighted by Crippen LogP contribution is -2.55. The summed E-state index contributed by atoms with van der Waals surface area (Å²) in [5.41, 5.74) is 37.0. The Labute approximate surface area is 428 Å². The largest absolute Gasteiger partial charge is 0.374 e. The van der Waals surface area contributed by atoms with Gasteiger partial charge in [0.25, 0.3) is 0 Å². The Balaban J connectivity index is 1.09. The lowest BCUT2D eigenvalue weighted by Gasteiger charge is -2.35. The molecule has 14 aromatic rings. The minimum Gasteiger partial charge on any atom is -0.374 e. The van der Waals surface area contributed by atoms with E-state index in [1.54, 1.807) is 0 Å². The van der Waals surface area contributed by atoms with Crippen molar-refractivity contribution in [3.63, 3.8) is 0 Å². The van der Waals surface area contributed by atoms with E-state index in [0.29, 0.717) is 0 Å². The van der Waals surface area contributed by atoms with Crippen LogP contribution in [0, 0.1) is 41.5 Å². The van der Waals surface area contributed by atoms with Gasteiger partial charge in [-0.05, 0) is 149 Å². The maximum Gasteiger partial charge on any atom is 0.333 e. The first kappa shape index (κ1) is 39.8. The van der Waals surface area contributed by atoms with E-state index in [9.17, 15) is 0 Å². The van der Waals surface area contributed by atoms with Gasteiger partial charge in [0.05, 0.1) is 33.1 Å². The average Bonchev–Trinajstić information content (AvgIpc) is 4.14. The molecule has 4 aliphatic heterocycles. The number of benzene rings is 10. The van der Waals surface area contributed by atoms with Crippen LogP contribution in [-0.2, 0) is 0 Å². The zero-order valence-corrected chi connectivity index (χ0v) is 42.1. The number of rotatable bonds is 2. The topological polar surface area (TPSA) is 19.7 Å². The summed E-state index contributed by atoms with van der Waals surface area (Å²) in [7, 11) is 0. The van der Waals surface area contributed by atoms with Crippen molar-refractivity contribution in [2.45, 2.75) is 41.5 Å². The third-order valence-electron chi connectivity index (χ3n) is 18.2. The summed E-state index contributed by atoms with van der Waals surface area (Å²) >= 11 is 0. The summed E-state index contributed by atoms with van der Waals surface area (Å²) in [6, 6.07) is 66.1. The summed E-state index contributed by atoms with van der Waals surface area (Å²) in [5, 5.41) is 7.84. The Morgan fingerprint density at radius 2 is 0.784 bits per heavy atom. The van der Waals surface area contributed by atoms with Crippen molar-refractivity contribution in [3.05, 3.63) is 203 Å². The highest BCUT2D eigenvalue weighted by molar-refractivity contribution is 6.92. The molecule has 0 atom stereocenters. The number of fused-ring (bicyclic) bond motifs is 21. The Morgan fingerprint density at radius 1 is 0.297 bits per heavy atom. The fourth-order valence-electron chi connectivity index (χ4n) is 16.1. The van der Waals surface area contributed by atoms with E-state index in [2.05, 4.69) is 229 Å². The lowest BCUT2D eigenvalue weighted by atomic mass is 9.45. The SMILES string of the molecule is Cc1cc(C)c(-c2cc3c4ccccc4n4c3c3c2-c2cccc5c2n(c2c6ccc(-c7c(C)cc(C)cc7C)c7c6n(c52)B2c5ccccc5-n5c6ccccc6c6ccc-7c2c65)B3c2ccccc2-4)c(C)c1. The molecule has 8 heterocycles. The van der Waals surface area contributed by atoms with E-state index >= 15 is 0 Å². The van der Waals surface area contributed by atoms with Gasteiger partial charge in [-0.2, -0.15) is 0 Å². The molecular weight excluding hydrogens is 894 g/mol. The van der Waals surface area contributed by atoms with Crippen LogP contribution in [-0.4, -0.2) is 31.8 Å². The summed E-state index contributed by atoms with van der Waals surface area (Å²) in [6.45, 7) is 13.6. The van der Waals surface area contributed by atoms with E-state index in [1.807, 2.05) is 0 Å². The zero-order chi connectivity index (χ0) is 48.9. The predicted molar refractivity (Wildman–Crippen MR) is 315 cm³/mol. The molecule has 4 aliphatic rings. The van der Waals surface area contributed by atoms with Gasteiger partial charge < -0.3 is 18.1 Å². The van der Waals surface area contributed by atoms with Crippen molar-refractivity contribution in [1.29, 1.82) is 0 Å². The number of nitrogens with zero attached hydrogens (tertiary/aromatic N) is 4. The van der Waals surface area contributed by atoms with Crippen LogP contribution in [0.2, 0.25) is 0 Å². The van der Waals surface area contributed by atoms with Gasteiger partial charge in [0.2, 0.25) is 0 Å². The molecule has 18 rings (SSSR count). The van der Waals surface area contributed by atoms with Crippen LogP contribution in [0.15, 0.2) is 170 Å². The number of hydrogen-bond acceptors (Lipinski definition) is 0. The fourth-order valence-corrected chi connectivity index (χ4v) is 16.1. The highest BCUT2D eigenvalue weighted by Crippen LogP contribution is 2.54. The van der Waals surface area contributed by atoms with Crippen LogP contribution in [0.1, 0.15) is 33.4 Å². The van der Waals surface area contributed by atoms with E-state index in [4.69, 9.17) is 0 Å².